The number of rotatable bonds is 4. The first-order valence-corrected chi connectivity index (χ1v) is 14.0. The molecule has 0 amide bonds. The molecule has 2 aliphatic carbocycles. The summed E-state index contributed by atoms with van der Waals surface area (Å²) in [7, 11) is 0. The summed E-state index contributed by atoms with van der Waals surface area (Å²) in [4.78, 5) is 13.7. The van der Waals surface area contributed by atoms with Gasteiger partial charge >= 0.3 is 0 Å². The van der Waals surface area contributed by atoms with Gasteiger partial charge < -0.3 is 5.11 Å². The van der Waals surface area contributed by atoms with Crippen molar-refractivity contribution in [3.8, 4) is 22.3 Å². The Morgan fingerprint density at radius 3 is 1.63 bits per heavy atom. The van der Waals surface area contributed by atoms with Crippen molar-refractivity contribution in [3.63, 3.8) is 0 Å². The number of aliphatic hydroxyl groups is 1. The van der Waals surface area contributed by atoms with E-state index in [2.05, 4.69) is 72.8 Å². The number of carbonyl (C=O) groups excluding carboxylic acids is 1. The maximum Gasteiger partial charge on any atom is 0.193 e. The third-order valence-corrected chi connectivity index (χ3v) is 8.84. The number of carbonyl (C=O) groups is 1. The summed E-state index contributed by atoms with van der Waals surface area (Å²) in [6.45, 7) is 0. The summed E-state index contributed by atoms with van der Waals surface area (Å²) in [6, 6.07) is 49.1. The molecule has 2 atom stereocenters. The Kier molecular flexibility index (Phi) is 5.22. The molecule has 0 bridgehead atoms. The Bertz CT molecular complexity index is 1960. The van der Waals surface area contributed by atoms with Crippen molar-refractivity contribution in [2.75, 3.05) is 0 Å². The van der Waals surface area contributed by atoms with E-state index < -0.39 is 11.5 Å². The summed E-state index contributed by atoms with van der Waals surface area (Å²) >= 11 is 0. The van der Waals surface area contributed by atoms with Gasteiger partial charge in [0, 0.05) is 11.1 Å². The first-order valence-electron chi connectivity index (χ1n) is 14.0. The zero-order chi connectivity index (χ0) is 27.6. The molecular weight excluding hydrogens is 500 g/mol. The third kappa shape index (κ3) is 3.32. The molecule has 0 heterocycles. The smallest absolute Gasteiger partial charge is 0.193 e. The van der Waals surface area contributed by atoms with E-state index in [-0.39, 0.29) is 5.78 Å². The minimum atomic E-state index is -0.746. The number of fused-ring (bicyclic) bond motifs is 10. The normalized spacial score (nSPS) is 16.5. The van der Waals surface area contributed by atoms with Crippen molar-refractivity contribution in [2.45, 2.75) is 11.5 Å². The average Bonchev–Trinajstić information content (AvgIpc) is 3.51. The van der Waals surface area contributed by atoms with E-state index in [4.69, 9.17) is 0 Å². The predicted molar refractivity (Wildman–Crippen MR) is 163 cm³/mol. The monoisotopic (exact) mass is 526 g/mol. The Morgan fingerprint density at radius 2 is 0.976 bits per heavy atom. The number of hydrogen-bond donors (Lipinski definition) is 1. The number of ketones is 1. The Hall–Kier alpha value is -5.05. The molecule has 41 heavy (non-hydrogen) atoms. The lowest BCUT2D eigenvalue weighted by Crippen LogP contribution is -2.26. The molecular formula is C39H26O2. The second kappa shape index (κ2) is 8.99. The molecule has 2 heteroatoms. The summed E-state index contributed by atoms with van der Waals surface area (Å²) < 4.78 is 0. The molecule has 0 saturated heterocycles. The van der Waals surface area contributed by atoms with Crippen molar-refractivity contribution < 1.29 is 9.90 Å². The van der Waals surface area contributed by atoms with Crippen LogP contribution in [-0.2, 0) is 5.41 Å². The molecule has 6 aromatic carbocycles. The van der Waals surface area contributed by atoms with E-state index in [0.29, 0.717) is 11.1 Å². The van der Waals surface area contributed by atoms with Crippen molar-refractivity contribution in [1.29, 1.82) is 0 Å². The minimum absolute atomic E-state index is 0.0132. The Morgan fingerprint density at radius 1 is 0.463 bits per heavy atom. The van der Waals surface area contributed by atoms with Gasteiger partial charge in [-0.25, -0.2) is 0 Å². The zero-order valence-electron chi connectivity index (χ0n) is 22.3. The highest BCUT2D eigenvalue weighted by Crippen LogP contribution is 2.63. The van der Waals surface area contributed by atoms with Gasteiger partial charge in [-0.3, -0.25) is 4.79 Å². The first-order chi connectivity index (χ1) is 20.2. The van der Waals surface area contributed by atoms with Crippen LogP contribution >= 0.6 is 0 Å². The van der Waals surface area contributed by atoms with Crippen LogP contribution in [0.1, 0.15) is 55.4 Å². The molecule has 2 nitrogen and oxygen atoms in total. The average molecular weight is 527 g/mol. The molecule has 2 aliphatic rings. The van der Waals surface area contributed by atoms with Gasteiger partial charge in [0.1, 0.15) is 6.10 Å². The zero-order valence-corrected chi connectivity index (χ0v) is 22.3. The summed E-state index contributed by atoms with van der Waals surface area (Å²) in [5.41, 5.74) is 11.8. The van der Waals surface area contributed by atoms with Gasteiger partial charge in [-0.2, -0.15) is 0 Å². The van der Waals surface area contributed by atoms with Gasteiger partial charge in [-0.15, -0.1) is 0 Å². The Balaban J connectivity index is 1.42. The quantitative estimate of drug-likeness (QED) is 0.234. The van der Waals surface area contributed by atoms with Crippen LogP contribution in [-0.4, -0.2) is 10.9 Å². The highest BCUT2D eigenvalue weighted by Gasteiger charge is 2.51. The van der Waals surface area contributed by atoms with E-state index in [1.165, 1.54) is 22.3 Å². The highest BCUT2D eigenvalue weighted by atomic mass is 16.3. The molecule has 194 valence electrons. The SMILES string of the molecule is O=C(c1ccccc1)c1ccc2c(c1)C1(c3ccccc3-2)c2ccccc2-c2ccc(C(O)c3ccccc3)cc21. The summed E-state index contributed by atoms with van der Waals surface area (Å²) in [5.74, 6) is 0.0132. The van der Waals surface area contributed by atoms with Crippen LogP contribution in [0, 0.1) is 0 Å². The molecule has 1 N–H and O–H groups in total. The number of hydrogen-bond acceptors (Lipinski definition) is 2. The fourth-order valence-corrected chi connectivity index (χ4v) is 7.05. The van der Waals surface area contributed by atoms with Crippen LogP contribution in [0.25, 0.3) is 22.3 Å². The fourth-order valence-electron chi connectivity index (χ4n) is 7.05. The lowest BCUT2D eigenvalue weighted by Gasteiger charge is -2.31. The fraction of sp³-hybridized carbons (Fsp3) is 0.0513. The van der Waals surface area contributed by atoms with Crippen molar-refractivity contribution in [3.05, 3.63) is 190 Å². The van der Waals surface area contributed by atoms with Crippen LogP contribution < -0.4 is 0 Å². The van der Waals surface area contributed by atoms with Crippen LogP contribution in [0.5, 0.6) is 0 Å². The van der Waals surface area contributed by atoms with Gasteiger partial charge in [-0.1, -0.05) is 140 Å². The number of benzene rings is 6. The molecule has 0 fully saturated rings. The van der Waals surface area contributed by atoms with Gasteiger partial charge in [0.15, 0.2) is 5.78 Å². The minimum Gasteiger partial charge on any atom is -0.384 e. The van der Waals surface area contributed by atoms with E-state index in [0.717, 1.165) is 33.4 Å². The number of aliphatic hydroxyl groups excluding tert-OH is 1. The summed E-state index contributed by atoms with van der Waals surface area (Å²) in [5, 5.41) is 11.5. The van der Waals surface area contributed by atoms with Gasteiger partial charge in [-0.05, 0) is 61.7 Å². The largest absolute Gasteiger partial charge is 0.384 e. The predicted octanol–water partition coefficient (Wildman–Crippen LogP) is 8.34. The van der Waals surface area contributed by atoms with E-state index >= 15 is 0 Å². The first kappa shape index (κ1) is 23.8. The Labute approximate surface area is 239 Å². The van der Waals surface area contributed by atoms with Crippen molar-refractivity contribution >= 4 is 5.78 Å². The van der Waals surface area contributed by atoms with Gasteiger partial charge in [0.05, 0.1) is 5.41 Å². The lowest BCUT2D eigenvalue weighted by atomic mass is 9.70. The van der Waals surface area contributed by atoms with E-state index in [9.17, 15) is 9.90 Å². The second-order valence-corrected chi connectivity index (χ2v) is 10.9. The maximum atomic E-state index is 13.7. The molecule has 0 aliphatic heterocycles. The molecule has 1 spiro atoms. The molecule has 0 aromatic heterocycles. The topological polar surface area (TPSA) is 37.3 Å². The van der Waals surface area contributed by atoms with Gasteiger partial charge in [0.25, 0.3) is 0 Å². The van der Waals surface area contributed by atoms with Crippen molar-refractivity contribution in [2.24, 2.45) is 0 Å². The summed E-state index contributed by atoms with van der Waals surface area (Å²) in [6.07, 6.45) is -0.746. The van der Waals surface area contributed by atoms with E-state index in [1.807, 2.05) is 72.8 Å². The third-order valence-electron chi connectivity index (χ3n) is 8.84. The standard InChI is InChI=1S/C39H26O2/c40-37(25-11-3-1-4-12-25)27-19-21-31-29-15-7-9-17-33(29)39(35(31)23-27)34-18-10-8-16-30(34)32-22-20-28(24-36(32)39)38(41)26-13-5-2-6-14-26/h1-24,37,40H. The highest BCUT2D eigenvalue weighted by molar-refractivity contribution is 6.10. The van der Waals surface area contributed by atoms with Crippen LogP contribution in [0.3, 0.4) is 0 Å². The van der Waals surface area contributed by atoms with Crippen LogP contribution in [0.15, 0.2) is 146 Å². The second-order valence-electron chi connectivity index (χ2n) is 10.9. The van der Waals surface area contributed by atoms with Crippen LogP contribution in [0.4, 0.5) is 0 Å². The molecule has 8 rings (SSSR count). The van der Waals surface area contributed by atoms with E-state index in [1.54, 1.807) is 0 Å². The molecule has 0 radical (unpaired) electrons. The molecule has 0 saturated carbocycles. The van der Waals surface area contributed by atoms with Crippen molar-refractivity contribution in [1.82, 2.24) is 0 Å². The van der Waals surface area contributed by atoms with Gasteiger partial charge in [0.2, 0.25) is 0 Å². The lowest BCUT2D eigenvalue weighted by molar-refractivity contribution is 0.103. The van der Waals surface area contributed by atoms with Crippen LogP contribution in [0.2, 0.25) is 0 Å². The molecule has 2 unspecified atom stereocenters. The molecule has 6 aromatic rings. The maximum absolute atomic E-state index is 13.7.